The zero-order valence-corrected chi connectivity index (χ0v) is 24.0. The van der Waals surface area contributed by atoms with Crippen molar-refractivity contribution in [1.82, 2.24) is 14.1 Å². The lowest BCUT2D eigenvalue weighted by Gasteiger charge is -2.58. The molecule has 0 saturated carbocycles. The van der Waals surface area contributed by atoms with E-state index in [1.165, 1.54) is 35.2 Å². The lowest BCUT2D eigenvalue weighted by Crippen LogP contribution is -2.83. The Labute approximate surface area is 240 Å². The van der Waals surface area contributed by atoms with Gasteiger partial charge in [-0.1, -0.05) is 52.5 Å². The van der Waals surface area contributed by atoms with Crippen LogP contribution in [-0.4, -0.2) is 71.1 Å². The van der Waals surface area contributed by atoms with Crippen LogP contribution in [0.2, 0.25) is 20.1 Å². The van der Waals surface area contributed by atoms with Crippen LogP contribution in [0, 0.1) is 6.42 Å². The molecule has 2 atom stereocenters. The van der Waals surface area contributed by atoms with Gasteiger partial charge in [-0.15, -0.1) is 0 Å². The summed E-state index contributed by atoms with van der Waals surface area (Å²) in [5, 5.41) is 0.510. The number of piperazine rings is 1. The Balaban J connectivity index is 1.92. The van der Waals surface area contributed by atoms with Crippen LogP contribution in [0.5, 0.6) is 0 Å². The summed E-state index contributed by atoms with van der Waals surface area (Å²) in [6, 6.07) is 6.66. The molecule has 2 saturated heterocycles. The van der Waals surface area contributed by atoms with Crippen molar-refractivity contribution in [2.75, 3.05) is 13.1 Å². The number of sulfonamides is 1. The minimum atomic E-state index is -4.57. The topological polar surface area (TPSA) is 121 Å². The second-order valence-electron chi connectivity index (χ2n) is 9.15. The van der Waals surface area contributed by atoms with Crippen molar-refractivity contribution < 1.29 is 22.8 Å². The van der Waals surface area contributed by atoms with E-state index in [9.17, 15) is 22.8 Å². The maximum absolute atomic E-state index is 14.0. The van der Waals surface area contributed by atoms with E-state index in [0.29, 0.717) is 5.56 Å². The van der Waals surface area contributed by atoms with Crippen LogP contribution in [0.3, 0.4) is 0 Å². The number of nitrogens with two attached hydrogens (primary N) is 1. The molecular formula is C24H22Cl4N4O5S. The molecule has 4 rings (SSSR count). The standard InChI is InChI=1S/C24H22Cl4N4O5S/c1-13(2)30-12-24(23(29)35)31(38(36,37)20-6-4-15(25)11-18(20)28)8-7-21(33)32(24)19(22(30)34)10-14-3-5-16(26)17(27)9-14/h3-6,9,11,13,19H,8,10,12H2,1-2H3,(H2,29,35). The highest BCUT2D eigenvalue weighted by atomic mass is 35.5. The highest BCUT2D eigenvalue weighted by molar-refractivity contribution is 7.89. The van der Waals surface area contributed by atoms with E-state index in [0.717, 1.165) is 9.21 Å². The van der Waals surface area contributed by atoms with Crippen molar-refractivity contribution in [3.05, 3.63) is 68.5 Å². The van der Waals surface area contributed by atoms with Crippen molar-refractivity contribution in [2.24, 2.45) is 5.73 Å². The maximum Gasteiger partial charge on any atom is 0.261 e. The number of carbonyl (C=O) groups is 3. The van der Waals surface area contributed by atoms with Gasteiger partial charge in [-0.05, 0) is 49.7 Å². The van der Waals surface area contributed by atoms with E-state index in [4.69, 9.17) is 52.1 Å². The summed E-state index contributed by atoms with van der Waals surface area (Å²) in [7, 11) is -4.57. The number of hydrogen-bond acceptors (Lipinski definition) is 5. The fourth-order valence-corrected chi connectivity index (χ4v) is 7.40. The number of carbonyl (C=O) groups excluding carboxylic acids is 3. The van der Waals surface area contributed by atoms with E-state index in [-0.39, 0.29) is 31.4 Å². The van der Waals surface area contributed by atoms with Crippen molar-refractivity contribution in [3.8, 4) is 0 Å². The number of benzene rings is 2. The minimum Gasteiger partial charge on any atom is -0.366 e. The summed E-state index contributed by atoms with van der Waals surface area (Å²) < 4.78 is 28.7. The van der Waals surface area contributed by atoms with E-state index >= 15 is 0 Å². The third-order valence-corrected chi connectivity index (χ3v) is 9.89. The van der Waals surface area contributed by atoms with Crippen molar-refractivity contribution in [2.45, 2.75) is 42.9 Å². The number of nitrogens with zero attached hydrogens (tertiary/aromatic N) is 3. The largest absolute Gasteiger partial charge is 0.366 e. The van der Waals surface area contributed by atoms with Gasteiger partial charge in [0.1, 0.15) is 10.9 Å². The molecule has 2 fully saturated rings. The summed E-state index contributed by atoms with van der Waals surface area (Å²) in [6.07, 6.45) is 2.36. The van der Waals surface area contributed by atoms with Gasteiger partial charge in [-0.2, -0.15) is 4.31 Å². The Kier molecular flexibility index (Phi) is 7.97. The smallest absolute Gasteiger partial charge is 0.261 e. The maximum atomic E-state index is 14.0. The van der Waals surface area contributed by atoms with Crippen LogP contribution >= 0.6 is 46.4 Å². The molecule has 0 spiro atoms. The number of fused-ring (bicyclic) bond motifs is 1. The molecule has 2 aliphatic heterocycles. The predicted molar refractivity (Wildman–Crippen MR) is 143 cm³/mol. The number of rotatable bonds is 6. The molecule has 0 aliphatic carbocycles. The Hall–Kier alpha value is -2.08. The summed E-state index contributed by atoms with van der Waals surface area (Å²) in [6.45, 7) is 2.32. The summed E-state index contributed by atoms with van der Waals surface area (Å²) >= 11 is 24.4. The Morgan fingerprint density at radius 3 is 2.34 bits per heavy atom. The lowest BCUT2D eigenvalue weighted by molar-refractivity contribution is -0.182. The molecule has 2 N–H and O–H groups in total. The third kappa shape index (κ3) is 4.76. The first-order valence-electron chi connectivity index (χ1n) is 11.3. The van der Waals surface area contributed by atoms with Gasteiger partial charge in [0.05, 0.1) is 28.0 Å². The summed E-state index contributed by atoms with van der Waals surface area (Å²) in [4.78, 5) is 42.2. The second-order valence-corrected chi connectivity index (χ2v) is 12.6. The quantitative estimate of drug-likeness (QED) is 0.532. The van der Waals surface area contributed by atoms with Gasteiger partial charge in [0.2, 0.25) is 27.5 Å². The molecule has 202 valence electrons. The zero-order chi connectivity index (χ0) is 28.2. The Bertz CT molecular complexity index is 1440. The highest BCUT2D eigenvalue weighted by Crippen LogP contribution is 2.41. The van der Waals surface area contributed by atoms with Crippen molar-refractivity contribution >= 4 is 74.1 Å². The Morgan fingerprint density at radius 1 is 1.08 bits per heavy atom. The number of hydrogen-bond donors (Lipinski definition) is 1. The summed E-state index contributed by atoms with van der Waals surface area (Å²) in [5.74, 6) is -2.47. The van der Waals surface area contributed by atoms with E-state index in [2.05, 4.69) is 6.42 Å². The molecule has 2 aromatic rings. The lowest BCUT2D eigenvalue weighted by atomic mass is 9.90. The first-order chi connectivity index (χ1) is 17.7. The van der Waals surface area contributed by atoms with Gasteiger partial charge >= 0.3 is 0 Å². The second kappa shape index (κ2) is 10.5. The van der Waals surface area contributed by atoms with Crippen LogP contribution in [0.4, 0.5) is 0 Å². The van der Waals surface area contributed by atoms with Gasteiger partial charge in [-0.3, -0.25) is 14.4 Å². The zero-order valence-electron chi connectivity index (χ0n) is 20.1. The first-order valence-corrected chi connectivity index (χ1v) is 14.3. The number of amides is 3. The van der Waals surface area contributed by atoms with Gasteiger partial charge in [0, 0.05) is 24.0 Å². The minimum absolute atomic E-state index is 0.100. The molecule has 2 aromatic carbocycles. The third-order valence-electron chi connectivity index (χ3n) is 6.57. The predicted octanol–water partition coefficient (Wildman–Crippen LogP) is 3.26. The van der Waals surface area contributed by atoms with Crippen LogP contribution in [-0.2, 0) is 30.8 Å². The normalized spacial score (nSPS) is 22.7. The van der Waals surface area contributed by atoms with Crippen molar-refractivity contribution in [1.29, 1.82) is 0 Å². The average molecular weight is 620 g/mol. The van der Waals surface area contributed by atoms with Crippen LogP contribution in [0.1, 0.15) is 19.4 Å². The van der Waals surface area contributed by atoms with Crippen LogP contribution < -0.4 is 5.73 Å². The molecule has 2 aliphatic rings. The summed E-state index contributed by atoms with van der Waals surface area (Å²) in [5.41, 5.74) is 4.16. The SMILES string of the molecule is CC(C)N1CC2(C(N)=O)N(C(=O)[C]CN2S(=O)(=O)c2ccc(Cl)cc2Cl)C(Cc2ccc(Cl)c(Cl)c2)C1=O. The molecule has 2 heterocycles. The van der Waals surface area contributed by atoms with Crippen molar-refractivity contribution in [3.63, 3.8) is 0 Å². The number of primary amides is 1. The fourth-order valence-electron chi connectivity index (χ4n) is 4.73. The van der Waals surface area contributed by atoms with E-state index in [1.54, 1.807) is 19.9 Å². The van der Waals surface area contributed by atoms with Crippen LogP contribution in [0.15, 0.2) is 41.3 Å². The molecule has 0 aromatic heterocycles. The fraction of sp³-hybridized carbons (Fsp3) is 0.333. The Morgan fingerprint density at radius 2 is 1.76 bits per heavy atom. The van der Waals surface area contributed by atoms with Gasteiger partial charge in [0.25, 0.3) is 5.91 Å². The van der Waals surface area contributed by atoms with E-state index < -0.39 is 58.6 Å². The van der Waals surface area contributed by atoms with Crippen LogP contribution in [0.25, 0.3) is 0 Å². The molecule has 3 amide bonds. The molecule has 2 unspecified atom stereocenters. The molecule has 9 nitrogen and oxygen atoms in total. The van der Waals surface area contributed by atoms with Gasteiger partial charge < -0.3 is 15.5 Å². The molecular weight excluding hydrogens is 598 g/mol. The molecule has 0 bridgehead atoms. The average Bonchev–Trinajstić information content (AvgIpc) is 2.82. The highest BCUT2D eigenvalue weighted by Gasteiger charge is 2.64. The number of halogens is 4. The first kappa shape index (κ1) is 28.9. The van der Waals surface area contributed by atoms with Gasteiger partial charge in [-0.25, -0.2) is 8.42 Å². The van der Waals surface area contributed by atoms with Gasteiger partial charge in [0.15, 0.2) is 0 Å². The molecule has 38 heavy (non-hydrogen) atoms. The monoisotopic (exact) mass is 618 g/mol. The molecule has 14 heteroatoms. The molecule has 2 radical (unpaired) electrons. The van der Waals surface area contributed by atoms with E-state index in [1.807, 2.05) is 0 Å².